The van der Waals surface area contributed by atoms with Crippen LogP contribution in [0, 0.1) is 12.7 Å². The third kappa shape index (κ3) is 4.31. The number of hydrogen-bond acceptors (Lipinski definition) is 6. The van der Waals surface area contributed by atoms with Gasteiger partial charge in [0.25, 0.3) is 5.91 Å². The predicted molar refractivity (Wildman–Crippen MR) is 119 cm³/mol. The van der Waals surface area contributed by atoms with Crippen molar-refractivity contribution in [3.05, 3.63) is 59.7 Å². The summed E-state index contributed by atoms with van der Waals surface area (Å²) in [5.41, 5.74) is 1.89. The SMILES string of the molecule is Cc1ccc(F)cc1NC(=O)CSc1nnc(C(C)N2C(=O)COc3ccccc32)n1C. The molecule has 166 valence electrons. The smallest absolute Gasteiger partial charge is 0.265 e. The average molecular weight is 456 g/mol. The largest absolute Gasteiger partial charge is 0.482 e. The van der Waals surface area contributed by atoms with Crippen molar-refractivity contribution in [2.75, 3.05) is 22.6 Å². The van der Waals surface area contributed by atoms with Gasteiger partial charge in [-0.1, -0.05) is 30.0 Å². The Hall–Kier alpha value is -3.40. The summed E-state index contributed by atoms with van der Waals surface area (Å²) < 4.78 is 20.7. The Morgan fingerprint density at radius 3 is 2.88 bits per heavy atom. The van der Waals surface area contributed by atoms with Crippen molar-refractivity contribution < 1.29 is 18.7 Å². The number of thioether (sulfide) groups is 1. The lowest BCUT2D eigenvalue weighted by Gasteiger charge is -2.33. The molecule has 0 saturated heterocycles. The first-order chi connectivity index (χ1) is 15.3. The fraction of sp³-hybridized carbons (Fsp3) is 0.273. The van der Waals surface area contributed by atoms with E-state index in [9.17, 15) is 14.0 Å². The predicted octanol–water partition coefficient (Wildman–Crippen LogP) is 3.48. The molecule has 1 atom stereocenters. The molecule has 1 aromatic heterocycles. The number of fused-ring (bicyclic) bond motifs is 1. The molecule has 1 aliphatic rings. The molecule has 0 bridgehead atoms. The summed E-state index contributed by atoms with van der Waals surface area (Å²) in [6, 6.07) is 11.2. The van der Waals surface area contributed by atoms with E-state index in [1.54, 1.807) is 29.5 Å². The third-order valence-electron chi connectivity index (χ3n) is 5.18. The van der Waals surface area contributed by atoms with Crippen LogP contribution in [-0.2, 0) is 16.6 Å². The number of anilines is 2. The summed E-state index contributed by atoms with van der Waals surface area (Å²) >= 11 is 1.21. The van der Waals surface area contributed by atoms with E-state index in [0.717, 1.165) is 5.56 Å². The second-order valence-corrected chi connectivity index (χ2v) is 8.33. The number of hydrogen-bond donors (Lipinski definition) is 1. The molecule has 1 N–H and O–H groups in total. The molecule has 32 heavy (non-hydrogen) atoms. The topological polar surface area (TPSA) is 89.3 Å². The molecule has 3 aromatic rings. The van der Waals surface area contributed by atoms with Crippen molar-refractivity contribution in [1.82, 2.24) is 14.8 Å². The minimum absolute atomic E-state index is 0.0412. The van der Waals surface area contributed by atoms with Gasteiger partial charge in [0.2, 0.25) is 5.91 Å². The quantitative estimate of drug-likeness (QED) is 0.573. The Labute approximate surface area is 188 Å². The maximum atomic E-state index is 13.4. The highest BCUT2D eigenvalue weighted by Crippen LogP contribution is 2.37. The molecular weight excluding hydrogens is 433 g/mol. The Morgan fingerprint density at radius 2 is 2.06 bits per heavy atom. The van der Waals surface area contributed by atoms with Crippen molar-refractivity contribution in [2.45, 2.75) is 25.0 Å². The van der Waals surface area contributed by atoms with E-state index in [4.69, 9.17) is 4.74 Å². The number of para-hydroxylation sites is 2. The monoisotopic (exact) mass is 455 g/mol. The summed E-state index contributed by atoms with van der Waals surface area (Å²) in [6.07, 6.45) is 0. The van der Waals surface area contributed by atoms with Crippen LogP contribution in [0.3, 0.4) is 0 Å². The van der Waals surface area contributed by atoms with Crippen LogP contribution < -0.4 is 15.0 Å². The number of nitrogens with one attached hydrogen (secondary N) is 1. The highest BCUT2D eigenvalue weighted by atomic mass is 32.2. The lowest BCUT2D eigenvalue weighted by Crippen LogP contribution is -2.41. The number of rotatable bonds is 6. The van der Waals surface area contributed by atoms with E-state index in [-0.39, 0.29) is 30.2 Å². The van der Waals surface area contributed by atoms with Gasteiger partial charge in [-0.3, -0.25) is 14.5 Å². The minimum Gasteiger partial charge on any atom is -0.482 e. The van der Waals surface area contributed by atoms with Crippen molar-refractivity contribution in [1.29, 1.82) is 0 Å². The third-order valence-corrected chi connectivity index (χ3v) is 6.20. The molecule has 0 fully saturated rings. The van der Waals surface area contributed by atoms with Gasteiger partial charge in [0, 0.05) is 12.7 Å². The maximum Gasteiger partial charge on any atom is 0.265 e. The molecule has 8 nitrogen and oxygen atoms in total. The normalized spacial score (nSPS) is 14.0. The fourth-order valence-corrected chi connectivity index (χ4v) is 4.24. The van der Waals surface area contributed by atoms with Crippen LogP contribution in [0.2, 0.25) is 0 Å². The van der Waals surface area contributed by atoms with Crippen molar-refractivity contribution in [3.63, 3.8) is 0 Å². The fourth-order valence-electron chi connectivity index (χ4n) is 3.52. The zero-order chi connectivity index (χ0) is 22.8. The Bertz CT molecular complexity index is 1180. The van der Waals surface area contributed by atoms with Gasteiger partial charge in [-0.25, -0.2) is 4.39 Å². The van der Waals surface area contributed by atoms with Gasteiger partial charge >= 0.3 is 0 Å². The first-order valence-corrected chi connectivity index (χ1v) is 11.0. The molecule has 0 spiro atoms. The second-order valence-electron chi connectivity index (χ2n) is 7.39. The van der Waals surface area contributed by atoms with Crippen LogP contribution in [0.1, 0.15) is 24.4 Å². The van der Waals surface area contributed by atoms with E-state index in [1.165, 1.54) is 23.9 Å². The van der Waals surface area contributed by atoms with Crippen LogP contribution in [0.4, 0.5) is 15.8 Å². The Morgan fingerprint density at radius 1 is 1.28 bits per heavy atom. The molecule has 4 rings (SSSR count). The first kappa shape index (κ1) is 21.8. The molecule has 0 saturated carbocycles. The van der Waals surface area contributed by atoms with Gasteiger partial charge in [0.05, 0.1) is 17.5 Å². The van der Waals surface area contributed by atoms with E-state index < -0.39 is 5.82 Å². The summed E-state index contributed by atoms with van der Waals surface area (Å²) in [5.74, 6) is 0.441. The number of halogens is 1. The molecular formula is C22H22FN5O3S. The summed E-state index contributed by atoms with van der Waals surface area (Å²) in [5, 5.41) is 11.7. The van der Waals surface area contributed by atoms with Gasteiger partial charge in [-0.15, -0.1) is 10.2 Å². The van der Waals surface area contributed by atoms with Crippen LogP contribution in [0.25, 0.3) is 0 Å². The van der Waals surface area contributed by atoms with Crippen LogP contribution in [0.15, 0.2) is 47.6 Å². The van der Waals surface area contributed by atoms with Gasteiger partial charge in [-0.05, 0) is 43.7 Å². The minimum atomic E-state index is -0.412. The summed E-state index contributed by atoms with van der Waals surface area (Å²) in [6.45, 7) is 3.63. The lowest BCUT2D eigenvalue weighted by atomic mass is 10.1. The zero-order valence-electron chi connectivity index (χ0n) is 17.8. The van der Waals surface area contributed by atoms with E-state index in [1.807, 2.05) is 31.2 Å². The maximum absolute atomic E-state index is 13.4. The zero-order valence-corrected chi connectivity index (χ0v) is 18.6. The second kappa shape index (κ2) is 8.99. The number of aromatic nitrogens is 3. The van der Waals surface area contributed by atoms with E-state index in [0.29, 0.717) is 28.1 Å². The standard InChI is InChI=1S/C22H22FN5O3S/c1-13-8-9-15(23)10-16(13)24-19(29)12-32-22-26-25-21(27(22)3)14(2)28-17-6-4-5-7-18(17)31-11-20(28)30/h4-10,14H,11-12H2,1-3H3,(H,24,29). The van der Waals surface area contributed by atoms with Gasteiger partial charge < -0.3 is 14.6 Å². The molecule has 0 radical (unpaired) electrons. The van der Waals surface area contributed by atoms with Crippen LogP contribution in [-0.4, -0.2) is 38.9 Å². The molecule has 1 unspecified atom stereocenters. The number of carbonyl (C=O) groups is 2. The van der Waals surface area contributed by atoms with Crippen LogP contribution in [0.5, 0.6) is 5.75 Å². The number of nitrogens with zero attached hydrogens (tertiary/aromatic N) is 4. The van der Waals surface area contributed by atoms with Crippen LogP contribution >= 0.6 is 11.8 Å². The summed E-state index contributed by atoms with van der Waals surface area (Å²) in [4.78, 5) is 26.6. The molecule has 0 aliphatic carbocycles. The molecule has 2 heterocycles. The van der Waals surface area contributed by atoms with E-state index >= 15 is 0 Å². The molecule has 10 heteroatoms. The van der Waals surface area contributed by atoms with Crippen molar-refractivity contribution >= 4 is 35.0 Å². The lowest BCUT2D eigenvalue weighted by molar-refractivity contribution is -0.121. The Kier molecular flexibility index (Phi) is 6.13. The van der Waals surface area contributed by atoms with Crippen molar-refractivity contribution in [3.8, 4) is 5.75 Å². The number of benzene rings is 2. The molecule has 2 amide bonds. The highest BCUT2D eigenvalue weighted by Gasteiger charge is 2.32. The van der Waals surface area contributed by atoms with Gasteiger partial charge in [-0.2, -0.15) is 0 Å². The van der Waals surface area contributed by atoms with Crippen molar-refractivity contribution in [2.24, 2.45) is 7.05 Å². The van der Waals surface area contributed by atoms with E-state index in [2.05, 4.69) is 15.5 Å². The molecule has 2 aromatic carbocycles. The van der Waals surface area contributed by atoms with Gasteiger partial charge in [0.1, 0.15) is 11.6 Å². The summed E-state index contributed by atoms with van der Waals surface area (Å²) in [7, 11) is 1.79. The Balaban J connectivity index is 1.46. The van der Waals surface area contributed by atoms with Gasteiger partial charge in [0.15, 0.2) is 17.6 Å². The average Bonchev–Trinajstić information content (AvgIpc) is 3.14. The molecule has 1 aliphatic heterocycles. The highest BCUT2D eigenvalue weighted by molar-refractivity contribution is 7.99. The number of amides is 2. The number of carbonyl (C=O) groups excluding carboxylic acids is 2. The number of ether oxygens (including phenoxy) is 1. The number of aryl methyl sites for hydroxylation is 1. The first-order valence-electron chi connectivity index (χ1n) is 9.97.